The minimum Gasteiger partial charge on any atom is -0.388 e. The first-order chi connectivity index (χ1) is 17.4. The number of nitrogens with one attached hydrogen (secondary N) is 5. The number of carbonyl (C=O) groups excluding carboxylic acids is 2. The standard InChI is InChI=1S/C24H24FN7O3S/c25-15-2-1-12(7-17(15)28-24(35)21-9-14-19(33)3-4-20(14)36-21)16-10-18(23(34)30-29-16)27-22-8-13-11-26-5-6-32(13)31-22/h1-2,7-10,16,19,26,29,33H,3-6,11H2,(H,27,31)(H,28,35)(H,30,34). The minimum absolute atomic E-state index is 0.0301. The Labute approximate surface area is 209 Å². The average Bonchev–Trinajstić information content (AvgIpc) is 3.57. The highest BCUT2D eigenvalue weighted by atomic mass is 32.1. The molecule has 0 bridgehead atoms. The van der Waals surface area contributed by atoms with Crippen LogP contribution in [0.1, 0.15) is 49.9 Å². The Balaban J connectivity index is 1.21. The first kappa shape index (κ1) is 22.9. The molecule has 36 heavy (non-hydrogen) atoms. The van der Waals surface area contributed by atoms with Gasteiger partial charge < -0.3 is 21.1 Å². The van der Waals surface area contributed by atoms with E-state index in [1.807, 2.05) is 10.7 Å². The maximum atomic E-state index is 14.6. The third kappa shape index (κ3) is 4.28. The van der Waals surface area contributed by atoms with Crippen molar-refractivity contribution in [3.05, 3.63) is 74.5 Å². The molecule has 0 saturated heterocycles. The maximum absolute atomic E-state index is 14.6. The van der Waals surface area contributed by atoms with Crippen molar-refractivity contribution < 1.29 is 19.1 Å². The fourth-order valence-corrected chi connectivity index (χ4v) is 5.76. The van der Waals surface area contributed by atoms with Gasteiger partial charge in [-0.2, -0.15) is 5.10 Å². The van der Waals surface area contributed by atoms with E-state index in [0.29, 0.717) is 34.9 Å². The van der Waals surface area contributed by atoms with Gasteiger partial charge in [-0.15, -0.1) is 11.3 Å². The number of fused-ring (bicyclic) bond motifs is 2. The van der Waals surface area contributed by atoms with Crippen molar-refractivity contribution >= 4 is 34.7 Å². The molecule has 6 rings (SSSR count). The van der Waals surface area contributed by atoms with E-state index in [4.69, 9.17) is 0 Å². The molecule has 186 valence electrons. The molecular formula is C24H24FN7O3S. The summed E-state index contributed by atoms with van der Waals surface area (Å²) in [6.45, 7) is 2.30. The number of amides is 2. The molecule has 1 aromatic carbocycles. The van der Waals surface area contributed by atoms with Crippen LogP contribution in [-0.2, 0) is 24.3 Å². The summed E-state index contributed by atoms with van der Waals surface area (Å²) < 4.78 is 16.5. The first-order valence-corrected chi connectivity index (χ1v) is 12.5. The number of anilines is 2. The number of hydrogen-bond acceptors (Lipinski definition) is 8. The Morgan fingerprint density at radius 2 is 2.17 bits per heavy atom. The second-order valence-electron chi connectivity index (χ2n) is 8.94. The molecule has 3 aromatic rings. The fraction of sp³-hybridized carbons (Fsp3) is 0.292. The highest BCUT2D eigenvalue weighted by Gasteiger charge is 2.26. The number of hydrazine groups is 1. The normalized spacial score (nSPS) is 20.8. The molecular weight excluding hydrogens is 485 g/mol. The zero-order valence-electron chi connectivity index (χ0n) is 19.1. The van der Waals surface area contributed by atoms with Gasteiger partial charge in [-0.05, 0) is 48.2 Å². The number of carbonyl (C=O) groups is 2. The van der Waals surface area contributed by atoms with Crippen molar-refractivity contribution in [2.45, 2.75) is 38.1 Å². The lowest BCUT2D eigenvalue weighted by molar-refractivity contribution is -0.119. The summed E-state index contributed by atoms with van der Waals surface area (Å²) >= 11 is 1.32. The van der Waals surface area contributed by atoms with E-state index in [9.17, 15) is 19.1 Å². The summed E-state index contributed by atoms with van der Waals surface area (Å²) in [6, 6.07) is 7.50. The summed E-state index contributed by atoms with van der Waals surface area (Å²) in [4.78, 5) is 26.6. The molecule has 2 aromatic heterocycles. The van der Waals surface area contributed by atoms with Crippen LogP contribution in [0.15, 0.2) is 42.1 Å². The summed E-state index contributed by atoms with van der Waals surface area (Å²) in [5.41, 5.74) is 8.31. The number of hydrogen-bond donors (Lipinski definition) is 6. The lowest BCUT2D eigenvalue weighted by Gasteiger charge is -2.24. The van der Waals surface area contributed by atoms with Gasteiger partial charge in [0, 0.05) is 24.0 Å². The van der Waals surface area contributed by atoms with Crippen LogP contribution in [0.3, 0.4) is 0 Å². The number of rotatable bonds is 5. The van der Waals surface area contributed by atoms with E-state index >= 15 is 0 Å². The van der Waals surface area contributed by atoms with Gasteiger partial charge in [0.15, 0.2) is 5.82 Å². The molecule has 0 fully saturated rings. The highest BCUT2D eigenvalue weighted by Crippen LogP contribution is 2.37. The summed E-state index contributed by atoms with van der Waals surface area (Å²) in [6.07, 6.45) is 2.54. The molecule has 6 N–H and O–H groups in total. The van der Waals surface area contributed by atoms with Gasteiger partial charge >= 0.3 is 0 Å². The molecule has 12 heteroatoms. The molecule has 2 unspecified atom stereocenters. The Morgan fingerprint density at radius 3 is 3.00 bits per heavy atom. The van der Waals surface area contributed by atoms with Crippen LogP contribution in [0.25, 0.3) is 0 Å². The Morgan fingerprint density at radius 1 is 1.28 bits per heavy atom. The number of aliphatic hydroxyl groups excluding tert-OH is 1. The lowest BCUT2D eigenvalue weighted by Crippen LogP contribution is -2.45. The van der Waals surface area contributed by atoms with Crippen molar-refractivity contribution in [2.75, 3.05) is 17.2 Å². The predicted molar refractivity (Wildman–Crippen MR) is 132 cm³/mol. The van der Waals surface area contributed by atoms with Crippen molar-refractivity contribution in [3.8, 4) is 0 Å². The highest BCUT2D eigenvalue weighted by molar-refractivity contribution is 7.14. The van der Waals surface area contributed by atoms with Gasteiger partial charge in [0.05, 0.1) is 34.9 Å². The first-order valence-electron chi connectivity index (χ1n) is 11.7. The number of aliphatic hydroxyl groups is 1. The summed E-state index contributed by atoms with van der Waals surface area (Å²) in [5.74, 6) is -0.788. The van der Waals surface area contributed by atoms with E-state index in [0.717, 1.165) is 35.6 Å². The van der Waals surface area contributed by atoms with E-state index in [1.165, 1.54) is 23.5 Å². The monoisotopic (exact) mass is 509 g/mol. The van der Waals surface area contributed by atoms with Crippen LogP contribution < -0.4 is 26.8 Å². The smallest absolute Gasteiger partial charge is 0.281 e. The number of halogens is 1. The van der Waals surface area contributed by atoms with Gasteiger partial charge in [0.1, 0.15) is 11.5 Å². The molecule has 4 heterocycles. The largest absolute Gasteiger partial charge is 0.388 e. The van der Waals surface area contributed by atoms with Crippen LogP contribution in [0.2, 0.25) is 0 Å². The zero-order chi connectivity index (χ0) is 24.8. The van der Waals surface area contributed by atoms with Crippen LogP contribution >= 0.6 is 11.3 Å². The van der Waals surface area contributed by atoms with E-state index in [-0.39, 0.29) is 11.6 Å². The van der Waals surface area contributed by atoms with Gasteiger partial charge in [0.25, 0.3) is 11.8 Å². The van der Waals surface area contributed by atoms with Crippen LogP contribution in [-0.4, -0.2) is 33.2 Å². The van der Waals surface area contributed by atoms with E-state index < -0.39 is 23.9 Å². The number of benzene rings is 1. The second kappa shape index (κ2) is 9.13. The molecule has 0 radical (unpaired) electrons. The maximum Gasteiger partial charge on any atom is 0.281 e. The van der Waals surface area contributed by atoms with Gasteiger partial charge in [-0.25, -0.2) is 9.82 Å². The molecule has 3 aliphatic rings. The zero-order valence-corrected chi connectivity index (χ0v) is 19.9. The fourth-order valence-electron chi connectivity index (χ4n) is 4.64. The quantitative estimate of drug-likeness (QED) is 0.310. The number of aryl methyl sites for hydroxylation is 1. The molecule has 2 atom stereocenters. The minimum atomic E-state index is -0.574. The predicted octanol–water partition coefficient (Wildman–Crippen LogP) is 2.09. The molecule has 10 nitrogen and oxygen atoms in total. The van der Waals surface area contributed by atoms with Crippen molar-refractivity contribution in [1.29, 1.82) is 0 Å². The van der Waals surface area contributed by atoms with Crippen LogP contribution in [0.4, 0.5) is 15.9 Å². The second-order valence-corrected chi connectivity index (χ2v) is 10.1. The third-order valence-electron chi connectivity index (χ3n) is 6.52. The lowest BCUT2D eigenvalue weighted by atomic mass is 10.0. The summed E-state index contributed by atoms with van der Waals surface area (Å²) in [5, 5.41) is 23.5. The topological polar surface area (TPSA) is 132 Å². The SMILES string of the molecule is O=C1NNC(c2ccc(F)c(NC(=O)c3cc4c(s3)CCC4O)c2)C=C1Nc1cc2n(n1)CCNC2. The number of aromatic nitrogens is 2. The molecule has 0 spiro atoms. The van der Waals surface area contributed by atoms with Gasteiger partial charge in [-0.1, -0.05) is 6.07 Å². The molecule has 2 aliphatic heterocycles. The molecule has 0 saturated carbocycles. The number of thiophene rings is 1. The Bertz CT molecular complexity index is 1370. The summed E-state index contributed by atoms with van der Waals surface area (Å²) in [7, 11) is 0. The Kier molecular flexibility index (Phi) is 5.80. The van der Waals surface area contributed by atoms with Crippen molar-refractivity contribution in [1.82, 2.24) is 25.9 Å². The third-order valence-corrected chi connectivity index (χ3v) is 7.73. The van der Waals surface area contributed by atoms with Crippen LogP contribution in [0.5, 0.6) is 0 Å². The van der Waals surface area contributed by atoms with Crippen LogP contribution in [0, 0.1) is 5.82 Å². The molecule has 2 amide bonds. The number of nitrogens with zero attached hydrogens (tertiary/aromatic N) is 2. The van der Waals surface area contributed by atoms with E-state index in [1.54, 1.807) is 18.2 Å². The molecule has 1 aliphatic carbocycles. The van der Waals surface area contributed by atoms with Gasteiger partial charge in [0.2, 0.25) is 0 Å². The average molecular weight is 510 g/mol. The Hall–Kier alpha value is -3.58. The van der Waals surface area contributed by atoms with E-state index in [2.05, 4.69) is 31.9 Å². The van der Waals surface area contributed by atoms with Crippen molar-refractivity contribution in [2.24, 2.45) is 0 Å². The van der Waals surface area contributed by atoms with Gasteiger partial charge in [-0.3, -0.25) is 19.7 Å². The van der Waals surface area contributed by atoms with Crippen molar-refractivity contribution in [3.63, 3.8) is 0 Å².